The fourth-order valence-electron chi connectivity index (χ4n) is 4.01. The molecule has 6 nitrogen and oxygen atoms in total. The van der Waals surface area contributed by atoms with Crippen LogP contribution in [0.3, 0.4) is 0 Å². The van der Waals surface area contributed by atoms with Crippen LogP contribution in [-0.4, -0.2) is 42.0 Å². The Balaban J connectivity index is 1.28. The lowest BCUT2D eigenvalue weighted by atomic mass is 9.95. The maximum atomic E-state index is 13.7. The normalized spacial score (nSPS) is 20.9. The number of para-hydroxylation sites is 2. The van der Waals surface area contributed by atoms with Gasteiger partial charge in [-0.2, -0.15) is 0 Å². The molecule has 0 aliphatic carbocycles. The van der Waals surface area contributed by atoms with E-state index in [1.165, 1.54) is 6.07 Å². The number of amides is 2. The predicted octanol–water partition coefficient (Wildman–Crippen LogP) is 3.22. The predicted molar refractivity (Wildman–Crippen MR) is 113 cm³/mol. The average Bonchev–Trinajstić information content (AvgIpc) is 2.79. The van der Waals surface area contributed by atoms with Gasteiger partial charge in [0.1, 0.15) is 11.9 Å². The zero-order valence-electron chi connectivity index (χ0n) is 17.8. The molecule has 4 rings (SSSR count). The fourth-order valence-corrected chi connectivity index (χ4v) is 4.01. The zero-order valence-corrected chi connectivity index (χ0v) is 17.8. The molecule has 2 heterocycles. The van der Waals surface area contributed by atoms with Crippen molar-refractivity contribution in [3.63, 3.8) is 0 Å². The lowest BCUT2D eigenvalue weighted by Crippen LogP contribution is -2.53. The Morgan fingerprint density at radius 3 is 2.45 bits per heavy atom. The number of halogens is 1. The van der Waals surface area contributed by atoms with Gasteiger partial charge < -0.3 is 19.7 Å². The van der Waals surface area contributed by atoms with Gasteiger partial charge in [-0.1, -0.05) is 24.3 Å². The largest absolute Gasteiger partial charge is 0.482 e. The Bertz CT molecular complexity index is 972. The number of piperidine rings is 1. The molecule has 0 unspecified atom stereocenters. The molecule has 2 aromatic rings. The molecule has 0 saturated carbocycles. The molecule has 0 aromatic heterocycles. The molecule has 1 N–H and O–H groups in total. The molecular weight excluding hydrogens is 399 g/mol. The van der Waals surface area contributed by atoms with E-state index >= 15 is 0 Å². The lowest BCUT2D eigenvalue weighted by Gasteiger charge is -2.37. The smallest absolute Gasteiger partial charge is 0.267 e. The van der Waals surface area contributed by atoms with Gasteiger partial charge in [-0.05, 0) is 56.0 Å². The van der Waals surface area contributed by atoms with Crippen LogP contribution in [0, 0.1) is 18.7 Å². The Labute approximate surface area is 181 Å². The van der Waals surface area contributed by atoms with Gasteiger partial charge in [-0.25, -0.2) is 4.39 Å². The molecule has 0 spiro atoms. The number of nitrogens with one attached hydrogen (secondary N) is 1. The third-order valence-corrected chi connectivity index (χ3v) is 5.97. The monoisotopic (exact) mass is 426 g/mol. The summed E-state index contributed by atoms with van der Waals surface area (Å²) in [4.78, 5) is 27.3. The molecule has 2 atom stereocenters. The third kappa shape index (κ3) is 4.65. The maximum absolute atomic E-state index is 13.7. The van der Waals surface area contributed by atoms with Gasteiger partial charge in [0.2, 0.25) is 12.0 Å². The standard InChI is InChI=1S/C24H27FN2O4/c1-15-7-8-17(13-19(15)25)14-26-23(28)18-9-11-27(12-10-18)24(29)22-16(2)30-20-5-3-4-6-21(20)31-22/h3-8,13,16,18,22H,9-12,14H2,1-2H3,(H,26,28)/t16-,22+/m0/s1. The number of nitrogens with zero attached hydrogens (tertiary/aromatic N) is 1. The van der Waals surface area contributed by atoms with Crippen LogP contribution in [-0.2, 0) is 16.1 Å². The van der Waals surface area contributed by atoms with Crippen LogP contribution in [0.1, 0.15) is 30.9 Å². The van der Waals surface area contributed by atoms with Gasteiger partial charge in [-0.15, -0.1) is 0 Å². The highest BCUT2D eigenvalue weighted by Crippen LogP contribution is 2.34. The van der Waals surface area contributed by atoms with E-state index in [0.717, 1.165) is 5.56 Å². The minimum Gasteiger partial charge on any atom is -0.482 e. The first kappa shape index (κ1) is 21.2. The molecule has 31 heavy (non-hydrogen) atoms. The van der Waals surface area contributed by atoms with Crippen LogP contribution in [0.5, 0.6) is 11.5 Å². The lowest BCUT2D eigenvalue weighted by molar-refractivity contribution is -0.147. The number of ether oxygens (including phenoxy) is 2. The fraction of sp³-hybridized carbons (Fsp3) is 0.417. The first-order chi connectivity index (χ1) is 14.9. The molecule has 0 bridgehead atoms. The van der Waals surface area contributed by atoms with E-state index in [2.05, 4.69) is 5.32 Å². The van der Waals surface area contributed by atoms with Crippen molar-refractivity contribution >= 4 is 11.8 Å². The molecule has 164 valence electrons. The van der Waals surface area contributed by atoms with Crippen molar-refractivity contribution in [2.24, 2.45) is 5.92 Å². The van der Waals surface area contributed by atoms with Crippen molar-refractivity contribution in [3.8, 4) is 11.5 Å². The van der Waals surface area contributed by atoms with Crippen molar-refractivity contribution in [1.29, 1.82) is 0 Å². The second-order valence-electron chi connectivity index (χ2n) is 8.21. The number of carbonyl (C=O) groups excluding carboxylic acids is 2. The second-order valence-corrected chi connectivity index (χ2v) is 8.21. The number of rotatable bonds is 4. The summed E-state index contributed by atoms with van der Waals surface area (Å²) >= 11 is 0. The summed E-state index contributed by atoms with van der Waals surface area (Å²) in [5.41, 5.74) is 1.31. The highest BCUT2D eigenvalue weighted by Gasteiger charge is 2.38. The van der Waals surface area contributed by atoms with Crippen molar-refractivity contribution in [2.45, 2.75) is 45.4 Å². The van der Waals surface area contributed by atoms with E-state index in [0.29, 0.717) is 49.5 Å². The van der Waals surface area contributed by atoms with Gasteiger partial charge in [0.05, 0.1) is 0 Å². The number of aryl methyl sites for hydroxylation is 1. The number of fused-ring (bicyclic) bond motifs is 1. The van der Waals surface area contributed by atoms with E-state index in [1.54, 1.807) is 24.0 Å². The van der Waals surface area contributed by atoms with Crippen LogP contribution in [0.2, 0.25) is 0 Å². The molecular formula is C24H27FN2O4. The minimum absolute atomic E-state index is 0.0624. The molecule has 2 amide bonds. The molecule has 2 aliphatic rings. The Hall–Kier alpha value is -3.09. The summed E-state index contributed by atoms with van der Waals surface area (Å²) in [5, 5.41) is 2.89. The Kier molecular flexibility index (Phi) is 6.11. The van der Waals surface area contributed by atoms with Crippen molar-refractivity contribution in [3.05, 3.63) is 59.4 Å². The van der Waals surface area contributed by atoms with E-state index < -0.39 is 12.2 Å². The van der Waals surface area contributed by atoms with Gasteiger partial charge in [0.25, 0.3) is 5.91 Å². The molecule has 1 saturated heterocycles. The maximum Gasteiger partial charge on any atom is 0.267 e. The van der Waals surface area contributed by atoms with E-state index in [1.807, 2.05) is 31.2 Å². The minimum atomic E-state index is -0.697. The van der Waals surface area contributed by atoms with E-state index in [9.17, 15) is 14.0 Å². The van der Waals surface area contributed by atoms with Crippen molar-refractivity contribution in [1.82, 2.24) is 10.2 Å². The topological polar surface area (TPSA) is 67.9 Å². The van der Waals surface area contributed by atoms with E-state index in [-0.39, 0.29) is 23.5 Å². The summed E-state index contributed by atoms with van der Waals surface area (Å²) in [6.45, 7) is 4.80. The Morgan fingerprint density at radius 2 is 1.77 bits per heavy atom. The number of hydrogen-bond acceptors (Lipinski definition) is 4. The zero-order chi connectivity index (χ0) is 22.0. The quantitative estimate of drug-likeness (QED) is 0.815. The first-order valence-corrected chi connectivity index (χ1v) is 10.7. The van der Waals surface area contributed by atoms with Crippen molar-refractivity contribution in [2.75, 3.05) is 13.1 Å². The summed E-state index contributed by atoms with van der Waals surface area (Å²) in [6.07, 6.45) is 0.0755. The van der Waals surface area contributed by atoms with Gasteiger partial charge in [0, 0.05) is 25.6 Å². The number of hydrogen-bond donors (Lipinski definition) is 1. The van der Waals surface area contributed by atoms with Crippen LogP contribution in [0.4, 0.5) is 4.39 Å². The Morgan fingerprint density at radius 1 is 1.10 bits per heavy atom. The van der Waals surface area contributed by atoms with Gasteiger partial charge >= 0.3 is 0 Å². The second kappa shape index (κ2) is 8.96. The SMILES string of the molecule is Cc1ccc(CNC(=O)C2CCN(C(=O)[C@@H]3Oc4ccccc4O[C@H]3C)CC2)cc1F. The van der Waals surface area contributed by atoms with Crippen LogP contribution in [0.15, 0.2) is 42.5 Å². The van der Waals surface area contributed by atoms with Gasteiger partial charge in [-0.3, -0.25) is 9.59 Å². The molecule has 1 fully saturated rings. The number of likely N-dealkylation sites (tertiary alicyclic amines) is 1. The van der Waals surface area contributed by atoms with Crippen LogP contribution >= 0.6 is 0 Å². The molecule has 0 radical (unpaired) electrons. The summed E-state index contributed by atoms with van der Waals surface area (Å²) in [7, 11) is 0. The van der Waals surface area contributed by atoms with E-state index in [4.69, 9.17) is 9.47 Å². The number of benzene rings is 2. The molecule has 2 aromatic carbocycles. The van der Waals surface area contributed by atoms with Crippen LogP contribution < -0.4 is 14.8 Å². The van der Waals surface area contributed by atoms with Gasteiger partial charge in [0.15, 0.2) is 11.5 Å². The summed E-state index contributed by atoms with van der Waals surface area (Å²) in [6, 6.07) is 12.3. The summed E-state index contributed by atoms with van der Waals surface area (Å²) < 4.78 is 25.4. The molecule has 2 aliphatic heterocycles. The summed E-state index contributed by atoms with van der Waals surface area (Å²) in [5.74, 6) is 0.595. The number of carbonyl (C=O) groups is 2. The highest BCUT2D eigenvalue weighted by atomic mass is 19.1. The average molecular weight is 426 g/mol. The van der Waals surface area contributed by atoms with Crippen molar-refractivity contribution < 1.29 is 23.5 Å². The first-order valence-electron chi connectivity index (χ1n) is 10.7. The molecule has 7 heteroatoms. The van der Waals surface area contributed by atoms with Crippen LogP contribution in [0.25, 0.3) is 0 Å². The third-order valence-electron chi connectivity index (χ3n) is 5.97. The highest BCUT2D eigenvalue weighted by molar-refractivity contribution is 5.83.